The zero-order valence-corrected chi connectivity index (χ0v) is 10.5. The van der Waals surface area contributed by atoms with Crippen molar-refractivity contribution in [3.05, 3.63) is 35.4 Å². The van der Waals surface area contributed by atoms with Crippen molar-refractivity contribution in [2.45, 2.75) is 25.8 Å². The highest BCUT2D eigenvalue weighted by molar-refractivity contribution is 5.85. The topological polar surface area (TPSA) is 35.2 Å². The van der Waals surface area contributed by atoms with Crippen LogP contribution in [0.4, 0.5) is 0 Å². The summed E-state index contributed by atoms with van der Waals surface area (Å²) in [6, 6.07) is 8.59. The molecule has 0 spiro atoms. The number of aryl methyl sites for hydroxylation is 1. The van der Waals surface area contributed by atoms with Crippen LogP contribution in [0.1, 0.15) is 30.0 Å². The normalized spacial score (nSPS) is 18.9. The third-order valence-electron chi connectivity index (χ3n) is 3.32. The fraction of sp³-hybridized carbons (Fsp3) is 0.538. The minimum Gasteiger partial charge on any atom is -0.381 e. The van der Waals surface area contributed by atoms with Crippen LogP contribution in [0.25, 0.3) is 0 Å². The number of hydrogen-bond acceptors (Lipinski definition) is 2. The summed E-state index contributed by atoms with van der Waals surface area (Å²) in [6.45, 7) is 3.86. The predicted octanol–water partition coefficient (Wildman–Crippen LogP) is 2.84. The zero-order chi connectivity index (χ0) is 10.7. The Morgan fingerprint density at radius 2 is 1.88 bits per heavy atom. The monoisotopic (exact) mass is 241 g/mol. The van der Waals surface area contributed by atoms with Crippen LogP contribution >= 0.6 is 12.4 Å². The molecule has 1 fully saturated rings. The highest BCUT2D eigenvalue weighted by Gasteiger charge is 2.22. The Balaban J connectivity index is 0.00000128. The van der Waals surface area contributed by atoms with Gasteiger partial charge < -0.3 is 10.5 Å². The van der Waals surface area contributed by atoms with E-state index in [1.165, 1.54) is 11.1 Å². The highest BCUT2D eigenvalue weighted by atomic mass is 35.5. The summed E-state index contributed by atoms with van der Waals surface area (Å²) in [5.41, 5.74) is 8.91. The summed E-state index contributed by atoms with van der Waals surface area (Å²) in [5.74, 6) is 0.583. The van der Waals surface area contributed by atoms with Crippen molar-refractivity contribution in [2.75, 3.05) is 13.2 Å². The number of rotatable bonds is 2. The molecule has 16 heavy (non-hydrogen) atoms. The van der Waals surface area contributed by atoms with E-state index in [-0.39, 0.29) is 18.4 Å². The minimum atomic E-state index is 0. The summed E-state index contributed by atoms with van der Waals surface area (Å²) >= 11 is 0. The number of ether oxygens (including phenoxy) is 1. The number of hydrogen-bond donors (Lipinski definition) is 1. The van der Waals surface area contributed by atoms with Gasteiger partial charge in [0.1, 0.15) is 0 Å². The predicted molar refractivity (Wildman–Crippen MR) is 68.9 cm³/mol. The quantitative estimate of drug-likeness (QED) is 0.864. The van der Waals surface area contributed by atoms with Gasteiger partial charge in [-0.1, -0.05) is 24.3 Å². The largest absolute Gasteiger partial charge is 0.381 e. The number of nitrogens with two attached hydrogens (primary N) is 1. The molecule has 0 aliphatic carbocycles. The fourth-order valence-corrected chi connectivity index (χ4v) is 2.29. The zero-order valence-electron chi connectivity index (χ0n) is 9.69. The molecule has 0 saturated carbocycles. The Bertz CT molecular complexity index is 323. The van der Waals surface area contributed by atoms with Crippen molar-refractivity contribution in [3.8, 4) is 0 Å². The average molecular weight is 242 g/mol. The van der Waals surface area contributed by atoms with Crippen LogP contribution < -0.4 is 5.73 Å². The molecule has 1 aromatic carbocycles. The molecule has 1 aliphatic rings. The summed E-state index contributed by atoms with van der Waals surface area (Å²) in [4.78, 5) is 0. The minimum absolute atomic E-state index is 0. The van der Waals surface area contributed by atoms with E-state index in [1.54, 1.807) is 0 Å². The lowest BCUT2D eigenvalue weighted by Crippen LogP contribution is -2.27. The first-order valence-corrected chi connectivity index (χ1v) is 5.68. The van der Waals surface area contributed by atoms with Crippen molar-refractivity contribution < 1.29 is 4.74 Å². The lowest BCUT2D eigenvalue weighted by molar-refractivity contribution is 0.0583. The third-order valence-corrected chi connectivity index (χ3v) is 3.32. The van der Waals surface area contributed by atoms with Crippen LogP contribution in [0.5, 0.6) is 0 Å². The Morgan fingerprint density at radius 3 is 2.50 bits per heavy atom. The molecule has 2 rings (SSSR count). The lowest BCUT2D eigenvalue weighted by Gasteiger charge is -2.28. The van der Waals surface area contributed by atoms with Crippen LogP contribution in [0.3, 0.4) is 0 Å². The second-order valence-corrected chi connectivity index (χ2v) is 4.33. The molecule has 1 aliphatic heterocycles. The molecule has 0 amide bonds. The van der Waals surface area contributed by atoms with Gasteiger partial charge in [0.25, 0.3) is 0 Å². The van der Waals surface area contributed by atoms with Crippen molar-refractivity contribution in [3.63, 3.8) is 0 Å². The Kier molecular flexibility index (Phi) is 5.26. The standard InChI is InChI=1S/C13H19NO.ClH/c1-10-4-2-3-5-12(10)13(14)11-6-8-15-9-7-11;/h2-5,11,13H,6-9,14H2,1H3;1H. The third kappa shape index (κ3) is 2.97. The van der Waals surface area contributed by atoms with E-state index < -0.39 is 0 Å². The first-order chi connectivity index (χ1) is 7.29. The highest BCUT2D eigenvalue weighted by Crippen LogP contribution is 2.29. The van der Waals surface area contributed by atoms with E-state index in [2.05, 4.69) is 31.2 Å². The van der Waals surface area contributed by atoms with Crippen LogP contribution in [-0.4, -0.2) is 13.2 Å². The summed E-state index contributed by atoms with van der Waals surface area (Å²) in [6.07, 6.45) is 2.19. The summed E-state index contributed by atoms with van der Waals surface area (Å²) in [7, 11) is 0. The second-order valence-electron chi connectivity index (χ2n) is 4.33. The average Bonchev–Trinajstić information content (AvgIpc) is 2.30. The van der Waals surface area contributed by atoms with E-state index in [0.29, 0.717) is 5.92 Å². The molecule has 1 aromatic rings. The molecule has 90 valence electrons. The Morgan fingerprint density at radius 1 is 1.25 bits per heavy atom. The van der Waals surface area contributed by atoms with E-state index in [9.17, 15) is 0 Å². The molecule has 1 unspecified atom stereocenters. The van der Waals surface area contributed by atoms with Crippen LogP contribution in [0, 0.1) is 12.8 Å². The SMILES string of the molecule is Cc1ccccc1C(N)C1CCOCC1.Cl. The maximum Gasteiger partial charge on any atom is 0.0469 e. The Labute approximate surface area is 104 Å². The molecule has 0 radical (unpaired) electrons. The van der Waals surface area contributed by atoms with Gasteiger partial charge >= 0.3 is 0 Å². The van der Waals surface area contributed by atoms with Crippen LogP contribution in [0.2, 0.25) is 0 Å². The van der Waals surface area contributed by atoms with Gasteiger partial charge in [0.05, 0.1) is 0 Å². The van der Waals surface area contributed by atoms with E-state index >= 15 is 0 Å². The smallest absolute Gasteiger partial charge is 0.0469 e. The Hall–Kier alpha value is -0.570. The lowest BCUT2D eigenvalue weighted by atomic mass is 9.86. The fourth-order valence-electron chi connectivity index (χ4n) is 2.29. The molecule has 2 N–H and O–H groups in total. The first-order valence-electron chi connectivity index (χ1n) is 5.68. The van der Waals surface area contributed by atoms with Crippen molar-refractivity contribution >= 4 is 12.4 Å². The van der Waals surface area contributed by atoms with Gasteiger partial charge in [-0.05, 0) is 36.8 Å². The molecule has 1 saturated heterocycles. The van der Waals surface area contributed by atoms with Gasteiger partial charge in [-0.15, -0.1) is 12.4 Å². The molecule has 3 heteroatoms. The number of halogens is 1. The molecule has 2 nitrogen and oxygen atoms in total. The molecule has 0 aromatic heterocycles. The molecular weight excluding hydrogens is 222 g/mol. The second kappa shape index (κ2) is 6.24. The van der Waals surface area contributed by atoms with E-state index in [0.717, 1.165) is 26.1 Å². The van der Waals surface area contributed by atoms with E-state index in [4.69, 9.17) is 10.5 Å². The van der Waals surface area contributed by atoms with E-state index in [1.807, 2.05) is 0 Å². The van der Waals surface area contributed by atoms with Gasteiger partial charge in [0, 0.05) is 19.3 Å². The van der Waals surface area contributed by atoms with Gasteiger partial charge in [-0.2, -0.15) is 0 Å². The molecule has 1 atom stereocenters. The van der Waals surface area contributed by atoms with Crippen LogP contribution in [0.15, 0.2) is 24.3 Å². The molecule has 1 heterocycles. The van der Waals surface area contributed by atoms with Crippen LogP contribution in [-0.2, 0) is 4.74 Å². The van der Waals surface area contributed by atoms with Crippen molar-refractivity contribution in [2.24, 2.45) is 11.7 Å². The first kappa shape index (κ1) is 13.5. The van der Waals surface area contributed by atoms with Gasteiger partial charge in [0.15, 0.2) is 0 Å². The summed E-state index contributed by atoms with van der Waals surface area (Å²) < 4.78 is 5.36. The van der Waals surface area contributed by atoms with Crippen molar-refractivity contribution in [1.82, 2.24) is 0 Å². The number of benzene rings is 1. The molecule has 0 bridgehead atoms. The van der Waals surface area contributed by atoms with Gasteiger partial charge in [0.2, 0.25) is 0 Å². The van der Waals surface area contributed by atoms with Gasteiger partial charge in [-0.25, -0.2) is 0 Å². The van der Waals surface area contributed by atoms with Crippen molar-refractivity contribution in [1.29, 1.82) is 0 Å². The summed E-state index contributed by atoms with van der Waals surface area (Å²) in [5, 5.41) is 0. The maximum absolute atomic E-state index is 6.32. The maximum atomic E-state index is 6.32. The molecular formula is C13H20ClNO. The van der Waals surface area contributed by atoms with Gasteiger partial charge in [-0.3, -0.25) is 0 Å².